The number of hydrogen-bond acceptors (Lipinski definition) is 2. The summed E-state index contributed by atoms with van der Waals surface area (Å²) in [5.41, 5.74) is 0. The summed E-state index contributed by atoms with van der Waals surface area (Å²) in [6, 6.07) is 21.1. The first-order chi connectivity index (χ1) is 14.4. The summed E-state index contributed by atoms with van der Waals surface area (Å²) in [6.07, 6.45) is 10.1. The van der Waals surface area contributed by atoms with Gasteiger partial charge in [0.15, 0.2) is 0 Å². The lowest BCUT2D eigenvalue weighted by molar-refractivity contribution is -0.0325. The van der Waals surface area contributed by atoms with Gasteiger partial charge in [-0.2, -0.15) is 0 Å². The quantitative estimate of drug-likeness (QED) is 0.228. The van der Waals surface area contributed by atoms with Crippen molar-refractivity contribution in [2.75, 3.05) is 0 Å². The van der Waals surface area contributed by atoms with Gasteiger partial charge in [-0.3, -0.25) is 0 Å². The maximum absolute atomic E-state index is 11.0. The van der Waals surface area contributed by atoms with Gasteiger partial charge in [-0.1, -0.05) is 133 Å². The van der Waals surface area contributed by atoms with E-state index >= 15 is 0 Å². The molecule has 2 rings (SSSR count). The second-order valence-corrected chi connectivity index (χ2v) is 13.8. The van der Waals surface area contributed by atoms with Crippen molar-refractivity contribution in [2.24, 2.45) is 0 Å². The molecule has 0 aliphatic rings. The van der Waals surface area contributed by atoms with E-state index in [1.54, 1.807) is 0 Å². The minimum atomic E-state index is -2.65. The van der Waals surface area contributed by atoms with E-state index < -0.39 is 14.6 Å². The van der Waals surface area contributed by atoms with Gasteiger partial charge in [0.1, 0.15) is 6.29 Å². The molecule has 1 unspecified atom stereocenters. The van der Waals surface area contributed by atoms with Crippen LogP contribution in [0.15, 0.2) is 60.7 Å². The second kappa shape index (κ2) is 12.4. The van der Waals surface area contributed by atoms with E-state index in [2.05, 4.69) is 76.2 Å². The summed E-state index contributed by atoms with van der Waals surface area (Å²) in [5.74, 6) is 0. The average molecular weight is 427 g/mol. The van der Waals surface area contributed by atoms with E-state index in [-0.39, 0.29) is 5.04 Å². The van der Waals surface area contributed by atoms with Crippen molar-refractivity contribution >= 4 is 18.7 Å². The van der Waals surface area contributed by atoms with Crippen molar-refractivity contribution in [2.45, 2.75) is 96.8 Å². The van der Waals surface area contributed by atoms with Crippen LogP contribution in [0.4, 0.5) is 0 Å². The summed E-state index contributed by atoms with van der Waals surface area (Å²) >= 11 is 0. The highest BCUT2D eigenvalue weighted by Crippen LogP contribution is 2.37. The highest BCUT2D eigenvalue weighted by molar-refractivity contribution is 6.99. The van der Waals surface area contributed by atoms with Crippen molar-refractivity contribution in [3.8, 4) is 0 Å². The summed E-state index contributed by atoms with van der Waals surface area (Å²) in [6.45, 7) is 9.01. The molecule has 30 heavy (non-hydrogen) atoms. The van der Waals surface area contributed by atoms with Crippen molar-refractivity contribution in [1.82, 2.24) is 0 Å². The Morgan fingerprint density at radius 3 is 1.60 bits per heavy atom. The van der Waals surface area contributed by atoms with Crippen LogP contribution < -0.4 is 10.4 Å². The Bertz CT molecular complexity index is 654. The Balaban J connectivity index is 2.09. The van der Waals surface area contributed by atoms with Crippen LogP contribution in [-0.4, -0.2) is 19.7 Å². The van der Waals surface area contributed by atoms with Crippen LogP contribution in [0.2, 0.25) is 5.04 Å². The molecule has 0 saturated heterocycles. The van der Waals surface area contributed by atoms with Gasteiger partial charge < -0.3 is 9.53 Å². The molecule has 0 saturated carbocycles. The van der Waals surface area contributed by atoms with Crippen LogP contribution >= 0.6 is 0 Å². The largest absolute Gasteiger partial charge is 0.383 e. The minimum absolute atomic E-state index is 0.101. The third kappa shape index (κ3) is 6.80. The fourth-order valence-electron chi connectivity index (χ4n) is 4.41. The third-order valence-corrected chi connectivity index (χ3v) is 11.1. The molecule has 1 N–H and O–H groups in total. The average Bonchev–Trinajstić information content (AvgIpc) is 2.74. The maximum atomic E-state index is 11.0. The second-order valence-electron chi connectivity index (χ2n) is 9.50. The molecule has 0 fully saturated rings. The van der Waals surface area contributed by atoms with Crippen LogP contribution in [0.3, 0.4) is 0 Å². The molecule has 2 nitrogen and oxygen atoms in total. The van der Waals surface area contributed by atoms with E-state index in [0.717, 1.165) is 6.42 Å². The van der Waals surface area contributed by atoms with Gasteiger partial charge >= 0.3 is 0 Å². The van der Waals surface area contributed by atoms with Crippen LogP contribution in [0.5, 0.6) is 0 Å². The SMILES string of the molecule is CCCCCCCCCCC(O)O[Si](c1ccccc1)(c1ccccc1)C(C)(C)C. The molecule has 0 spiro atoms. The molecule has 166 valence electrons. The van der Waals surface area contributed by atoms with E-state index in [1.807, 2.05) is 12.1 Å². The van der Waals surface area contributed by atoms with Gasteiger partial charge in [0.05, 0.1) is 0 Å². The molecule has 0 aliphatic heterocycles. The normalized spacial score (nSPS) is 13.4. The van der Waals surface area contributed by atoms with Crippen LogP contribution in [0, 0.1) is 0 Å². The zero-order valence-corrected chi connectivity index (χ0v) is 20.6. The van der Waals surface area contributed by atoms with Crippen molar-refractivity contribution in [3.63, 3.8) is 0 Å². The lowest BCUT2D eigenvalue weighted by atomic mass is 10.1. The maximum Gasteiger partial charge on any atom is 0.264 e. The molecule has 0 aromatic heterocycles. The Morgan fingerprint density at radius 2 is 1.17 bits per heavy atom. The predicted octanol–water partition coefficient (Wildman–Crippen LogP) is 6.41. The van der Waals surface area contributed by atoms with Gasteiger partial charge in [0.25, 0.3) is 8.32 Å². The summed E-state index contributed by atoms with van der Waals surface area (Å²) in [4.78, 5) is 0. The number of rotatable bonds is 13. The monoisotopic (exact) mass is 426 g/mol. The number of aliphatic hydroxyl groups is 1. The smallest absolute Gasteiger partial charge is 0.264 e. The van der Waals surface area contributed by atoms with E-state index in [9.17, 15) is 5.11 Å². The van der Waals surface area contributed by atoms with Gasteiger partial charge in [0.2, 0.25) is 0 Å². The predicted molar refractivity (Wildman–Crippen MR) is 132 cm³/mol. The third-order valence-electron chi connectivity index (χ3n) is 6.03. The topological polar surface area (TPSA) is 29.5 Å². The summed E-state index contributed by atoms with van der Waals surface area (Å²) in [5, 5.41) is 13.3. The molecule has 0 bridgehead atoms. The van der Waals surface area contributed by atoms with Gasteiger partial charge in [-0.05, 0) is 28.3 Å². The molecule has 0 heterocycles. The van der Waals surface area contributed by atoms with E-state index in [1.165, 1.54) is 55.3 Å². The van der Waals surface area contributed by atoms with Crippen LogP contribution in [0.25, 0.3) is 0 Å². The summed E-state index contributed by atoms with van der Waals surface area (Å²) in [7, 11) is -2.65. The molecule has 3 heteroatoms. The first-order valence-electron chi connectivity index (χ1n) is 11.9. The number of aliphatic hydroxyl groups excluding tert-OH is 1. The highest BCUT2D eigenvalue weighted by Gasteiger charge is 2.51. The first kappa shape index (κ1) is 24.8. The standard InChI is InChI=1S/C27H42O2Si/c1-5-6-7-8-9-10-11-18-23-26(28)29-30(27(2,3)4,24-19-14-12-15-20-24)25-21-16-13-17-22-25/h12-17,19-22,26,28H,5-11,18,23H2,1-4H3. The molecule has 0 radical (unpaired) electrons. The number of unbranched alkanes of at least 4 members (excludes halogenated alkanes) is 7. The zero-order chi connectivity index (χ0) is 21.9. The van der Waals surface area contributed by atoms with Crippen LogP contribution in [0.1, 0.15) is 85.5 Å². The Hall–Kier alpha value is -1.42. The molecule has 2 aromatic carbocycles. The van der Waals surface area contributed by atoms with Gasteiger partial charge in [-0.25, -0.2) is 0 Å². The molecular formula is C27H42O2Si. The molecule has 0 amide bonds. The van der Waals surface area contributed by atoms with E-state index in [4.69, 9.17) is 4.43 Å². The minimum Gasteiger partial charge on any atom is -0.383 e. The fraction of sp³-hybridized carbons (Fsp3) is 0.556. The highest BCUT2D eigenvalue weighted by atomic mass is 28.4. The van der Waals surface area contributed by atoms with Gasteiger partial charge in [-0.15, -0.1) is 0 Å². The van der Waals surface area contributed by atoms with Crippen molar-refractivity contribution < 1.29 is 9.53 Å². The van der Waals surface area contributed by atoms with Crippen molar-refractivity contribution in [3.05, 3.63) is 60.7 Å². The number of benzene rings is 2. The Kier molecular flexibility index (Phi) is 10.3. The molecule has 0 aliphatic carbocycles. The number of hydrogen-bond donors (Lipinski definition) is 1. The fourth-order valence-corrected chi connectivity index (χ4v) is 8.95. The Morgan fingerprint density at radius 1 is 0.733 bits per heavy atom. The van der Waals surface area contributed by atoms with Crippen LogP contribution in [-0.2, 0) is 4.43 Å². The van der Waals surface area contributed by atoms with Gasteiger partial charge in [0, 0.05) is 0 Å². The lowest BCUT2D eigenvalue weighted by Crippen LogP contribution is -2.67. The molecule has 1 atom stereocenters. The summed E-state index contributed by atoms with van der Waals surface area (Å²) < 4.78 is 6.73. The Labute approximate surface area is 185 Å². The zero-order valence-electron chi connectivity index (χ0n) is 19.6. The lowest BCUT2D eigenvalue weighted by Gasteiger charge is -2.44. The van der Waals surface area contributed by atoms with Crippen molar-refractivity contribution in [1.29, 1.82) is 0 Å². The first-order valence-corrected chi connectivity index (χ1v) is 13.8. The van der Waals surface area contributed by atoms with E-state index in [0.29, 0.717) is 6.42 Å². The molecule has 2 aromatic rings. The molecular weight excluding hydrogens is 384 g/mol.